The molecule has 0 saturated carbocycles. The zero-order valence-corrected chi connectivity index (χ0v) is 7.40. The van der Waals surface area contributed by atoms with Gasteiger partial charge in [0.2, 0.25) is 0 Å². The smallest absolute Gasteiger partial charge is 0.285 e. The van der Waals surface area contributed by atoms with E-state index in [1.54, 1.807) is 0 Å². The Hall–Kier alpha value is -1.11. The van der Waals surface area contributed by atoms with Gasteiger partial charge in [-0.2, -0.15) is 8.42 Å². The summed E-state index contributed by atoms with van der Waals surface area (Å²) in [4.78, 5) is 0. The Morgan fingerprint density at radius 1 is 1.23 bits per heavy atom. The highest BCUT2D eigenvalue weighted by molar-refractivity contribution is 7.86. The second kappa shape index (κ2) is 3.33. The summed E-state index contributed by atoms with van der Waals surface area (Å²) in [7, 11) is -4.27. The van der Waals surface area contributed by atoms with Crippen molar-refractivity contribution >= 4 is 10.1 Å². The van der Waals surface area contributed by atoms with Gasteiger partial charge in [-0.3, -0.25) is 4.55 Å². The Labute approximate surface area is 75.6 Å². The number of phenols is 1. The second-order valence-electron chi connectivity index (χ2n) is 2.53. The summed E-state index contributed by atoms with van der Waals surface area (Å²) in [5.74, 6) is 0.00582. The van der Waals surface area contributed by atoms with E-state index < -0.39 is 15.5 Å². The fourth-order valence-electron chi connectivity index (χ4n) is 0.836. The molecule has 0 saturated heterocycles. The molecule has 0 bridgehead atoms. The van der Waals surface area contributed by atoms with Crippen molar-refractivity contribution in [3.8, 4) is 5.75 Å². The maximum Gasteiger partial charge on any atom is 0.285 e. The molecule has 1 aromatic carbocycles. The lowest BCUT2D eigenvalue weighted by Gasteiger charge is -2.07. The highest BCUT2D eigenvalue weighted by Gasteiger charge is 2.19. The molecule has 1 unspecified atom stereocenters. The first-order chi connectivity index (χ1) is 5.91. The third-order valence-electron chi connectivity index (χ3n) is 1.54. The third kappa shape index (κ3) is 2.41. The summed E-state index contributed by atoms with van der Waals surface area (Å²) < 4.78 is 29.8. The lowest BCUT2D eigenvalue weighted by Crippen LogP contribution is -2.20. The maximum absolute atomic E-state index is 10.6. The van der Waals surface area contributed by atoms with Gasteiger partial charge in [-0.25, -0.2) is 0 Å². The van der Waals surface area contributed by atoms with Crippen LogP contribution in [0, 0.1) is 0 Å². The minimum absolute atomic E-state index is 0.00582. The van der Waals surface area contributed by atoms with Crippen molar-refractivity contribution in [2.24, 2.45) is 5.73 Å². The first-order valence-corrected chi connectivity index (χ1v) is 4.92. The number of hydrogen-bond donors (Lipinski definition) is 3. The standard InChI is InChI=1S/C7H9NO4S/c8-7(13(10,11)12)5-1-3-6(9)4-2-5/h1-4,7,9H,8H2,(H,10,11,12). The third-order valence-corrected chi connectivity index (χ3v) is 2.46. The lowest BCUT2D eigenvalue weighted by atomic mass is 10.2. The van der Waals surface area contributed by atoms with Crippen LogP contribution in [0.2, 0.25) is 0 Å². The van der Waals surface area contributed by atoms with Gasteiger partial charge in [-0.1, -0.05) is 12.1 Å². The molecule has 0 spiro atoms. The molecule has 6 heteroatoms. The molecule has 0 amide bonds. The van der Waals surface area contributed by atoms with Crippen molar-refractivity contribution in [3.63, 3.8) is 0 Å². The van der Waals surface area contributed by atoms with Crippen molar-refractivity contribution in [1.29, 1.82) is 0 Å². The molecule has 13 heavy (non-hydrogen) atoms. The molecule has 1 atom stereocenters. The molecule has 0 aliphatic carbocycles. The zero-order chi connectivity index (χ0) is 10.1. The summed E-state index contributed by atoms with van der Waals surface area (Å²) >= 11 is 0. The molecule has 1 rings (SSSR count). The van der Waals surface area contributed by atoms with Gasteiger partial charge in [-0.15, -0.1) is 0 Å². The van der Waals surface area contributed by atoms with Crippen LogP contribution in [0.1, 0.15) is 10.9 Å². The van der Waals surface area contributed by atoms with Gasteiger partial charge < -0.3 is 10.8 Å². The van der Waals surface area contributed by atoms with Crippen LogP contribution in [0.5, 0.6) is 5.75 Å². The minimum Gasteiger partial charge on any atom is -0.508 e. The highest BCUT2D eigenvalue weighted by atomic mass is 32.2. The molecule has 1 aromatic rings. The first kappa shape index (κ1) is 9.97. The van der Waals surface area contributed by atoms with Crippen molar-refractivity contribution in [3.05, 3.63) is 29.8 Å². The van der Waals surface area contributed by atoms with Gasteiger partial charge in [0.15, 0.2) is 5.37 Å². The molecular weight excluding hydrogens is 194 g/mol. The number of rotatable bonds is 2. The Kier molecular flexibility index (Phi) is 2.55. The van der Waals surface area contributed by atoms with Crippen molar-refractivity contribution in [2.45, 2.75) is 5.37 Å². The molecule has 0 aliphatic rings. The van der Waals surface area contributed by atoms with Crippen LogP contribution in [-0.2, 0) is 10.1 Å². The molecule has 72 valence electrons. The van der Waals surface area contributed by atoms with E-state index in [4.69, 9.17) is 15.4 Å². The average Bonchev–Trinajstić information content (AvgIpc) is 2.03. The molecule has 0 radical (unpaired) electrons. The van der Waals surface area contributed by atoms with Crippen LogP contribution in [0.15, 0.2) is 24.3 Å². The van der Waals surface area contributed by atoms with Crippen LogP contribution in [0.3, 0.4) is 0 Å². The van der Waals surface area contributed by atoms with Gasteiger partial charge in [0.1, 0.15) is 5.75 Å². The Bertz CT molecular complexity index is 383. The van der Waals surface area contributed by atoms with Crippen molar-refractivity contribution < 1.29 is 18.1 Å². The van der Waals surface area contributed by atoms with E-state index in [2.05, 4.69) is 0 Å². The molecule has 0 heterocycles. The SMILES string of the molecule is NC(c1ccc(O)cc1)S(=O)(=O)O. The normalized spacial score (nSPS) is 14.0. The van der Waals surface area contributed by atoms with E-state index in [1.807, 2.05) is 0 Å². The van der Waals surface area contributed by atoms with Crippen molar-refractivity contribution in [1.82, 2.24) is 0 Å². The predicted octanol–water partition coefficient (Wildman–Crippen LogP) is 0.237. The van der Waals surface area contributed by atoms with Gasteiger partial charge in [0.05, 0.1) is 0 Å². The van der Waals surface area contributed by atoms with Crippen LogP contribution in [0.4, 0.5) is 0 Å². The minimum atomic E-state index is -4.27. The van der Waals surface area contributed by atoms with Crippen LogP contribution < -0.4 is 5.73 Å². The fraction of sp³-hybridized carbons (Fsp3) is 0.143. The van der Waals surface area contributed by atoms with Crippen LogP contribution >= 0.6 is 0 Å². The Balaban J connectivity index is 3.04. The topological polar surface area (TPSA) is 101 Å². The summed E-state index contributed by atoms with van der Waals surface area (Å²) in [6.45, 7) is 0. The number of benzene rings is 1. The summed E-state index contributed by atoms with van der Waals surface area (Å²) in [6.07, 6.45) is 0. The number of aromatic hydroxyl groups is 1. The lowest BCUT2D eigenvalue weighted by molar-refractivity contribution is 0.467. The molecule has 0 aliphatic heterocycles. The maximum atomic E-state index is 10.6. The van der Waals surface area contributed by atoms with Gasteiger partial charge in [-0.05, 0) is 17.7 Å². The summed E-state index contributed by atoms with van der Waals surface area (Å²) in [6, 6.07) is 5.24. The van der Waals surface area contributed by atoms with E-state index >= 15 is 0 Å². The zero-order valence-electron chi connectivity index (χ0n) is 6.58. The quantitative estimate of drug-likeness (QED) is 0.597. The van der Waals surface area contributed by atoms with Crippen LogP contribution in [-0.4, -0.2) is 18.1 Å². The van der Waals surface area contributed by atoms with E-state index in [0.29, 0.717) is 0 Å². The molecule has 5 nitrogen and oxygen atoms in total. The van der Waals surface area contributed by atoms with E-state index in [-0.39, 0.29) is 11.3 Å². The number of nitrogens with two attached hydrogens (primary N) is 1. The number of hydrogen-bond acceptors (Lipinski definition) is 4. The van der Waals surface area contributed by atoms with Gasteiger partial charge >= 0.3 is 0 Å². The van der Waals surface area contributed by atoms with Crippen LogP contribution in [0.25, 0.3) is 0 Å². The first-order valence-electron chi connectivity index (χ1n) is 3.42. The van der Waals surface area contributed by atoms with Gasteiger partial charge in [0.25, 0.3) is 10.1 Å². The predicted molar refractivity (Wildman–Crippen MR) is 46.6 cm³/mol. The van der Waals surface area contributed by atoms with E-state index in [0.717, 1.165) is 0 Å². The molecule has 0 aromatic heterocycles. The molecule has 4 N–H and O–H groups in total. The van der Waals surface area contributed by atoms with Gasteiger partial charge in [0, 0.05) is 0 Å². The molecular formula is C7H9NO4S. The Morgan fingerprint density at radius 3 is 2.08 bits per heavy atom. The second-order valence-corrected chi connectivity index (χ2v) is 4.06. The average molecular weight is 203 g/mol. The molecule has 0 fully saturated rings. The highest BCUT2D eigenvalue weighted by Crippen LogP contribution is 2.18. The largest absolute Gasteiger partial charge is 0.508 e. The monoisotopic (exact) mass is 203 g/mol. The number of phenolic OH excluding ortho intramolecular Hbond substituents is 1. The Morgan fingerprint density at radius 2 is 1.69 bits per heavy atom. The fourth-order valence-corrected chi connectivity index (χ4v) is 1.34. The van der Waals surface area contributed by atoms with E-state index in [9.17, 15) is 8.42 Å². The summed E-state index contributed by atoms with van der Waals surface area (Å²) in [5, 5.41) is 7.42. The summed E-state index contributed by atoms with van der Waals surface area (Å²) in [5.41, 5.74) is 5.43. The van der Waals surface area contributed by atoms with Crippen molar-refractivity contribution in [2.75, 3.05) is 0 Å². The van der Waals surface area contributed by atoms with E-state index in [1.165, 1.54) is 24.3 Å².